The summed E-state index contributed by atoms with van der Waals surface area (Å²) in [6.45, 7) is 9.35. The molecule has 0 aromatic carbocycles. The van der Waals surface area contributed by atoms with Crippen LogP contribution in [0.3, 0.4) is 0 Å². The van der Waals surface area contributed by atoms with Crippen LogP contribution in [0, 0.1) is 17.3 Å². The van der Waals surface area contributed by atoms with Crippen LogP contribution in [0.5, 0.6) is 0 Å². The van der Waals surface area contributed by atoms with Crippen molar-refractivity contribution in [3.05, 3.63) is 28.2 Å². The van der Waals surface area contributed by atoms with Crippen LogP contribution >= 0.6 is 11.3 Å². The minimum Gasteiger partial charge on any atom is -0.458 e. The normalized spacial score (nSPS) is 36.4. The second-order valence-corrected chi connectivity index (χ2v) is 12.1. The number of hydrogen-bond donors (Lipinski definition) is 3. The molecule has 0 radical (unpaired) electrons. The number of fused-ring (bicyclic) bond motifs is 1. The molecule has 2 aliphatic heterocycles. The van der Waals surface area contributed by atoms with E-state index in [4.69, 9.17) is 15.2 Å². The Kier molecular flexibility index (Phi) is 9.49. The number of aliphatic hydroxyl groups is 2. The van der Waals surface area contributed by atoms with Crippen molar-refractivity contribution in [1.29, 1.82) is 0 Å². The summed E-state index contributed by atoms with van der Waals surface area (Å²) in [5.74, 6) is -1.57. The SMILES string of the molecule is C[C@H]1CCC[C@@]2(C)O[C@H]2C[C@@H](C=CCc2csc(CN)n2)OC(=O)C[C@H](O)C(C)(C)C(=O)[C@H](C)[C@H]1O. The molecule has 8 nitrogen and oxygen atoms in total. The lowest BCUT2D eigenvalue weighted by atomic mass is 9.73. The van der Waals surface area contributed by atoms with E-state index in [0.717, 1.165) is 30.0 Å². The predicted molar refractivity (Wildman–Crippen MR) is 138 cm³/mol. The summed E-state index contributed by atoms with van der Waals surface area (Å²) in [5.41, 5.74) is 5.05. The van der Waals surface area contributed by atoms with Crippen molar-refractivity contribution < 1.29 is 29.3 Å². The Morgan fingerprint density at radius 2 is 1.97 bits per heavy atom. The van der Waals surface area contributed by atoms with Gasteiger partial charge < -0.3 is 25.4 Å². The van der Waals surface area contributed by atoms with E-state index in [0.29, 0.717) is 19.4 Å². The summed E-state index contributed by atoms with van der Waals surface area (Å²) in [6.07, 6.45) is 4.42. The highest BCUT2D eigenvalue weighted by Crippen LogP contribution is 2.44. The van der Waals surface area contributed by atoms with Crippen LogP contribution in [0.1, 0.15) is 77.4 Å². The van der Waals surface area contributed by atoms with Gasteiger partial charge in [-0.15, -0.1) is 11.3 Å². The topological polar surface area (TPSA) is 135 Å². The van der Waals surface area contributed by atoms with Crippen molar-refractivity contribution in [2.45, 2.75) is 110 Å². The van der Waals surface area contributed by atoms with Gasteiger partial charge in [-0.3, -0.25) is 9.59 Å². The Morgan fingerprint density at radius 1 is 1.25 bits per heavy atom. The summed E-state index contributed by atoms with van der Waals surface area (Å²) in [4.78, 5) is 30.5. The molecule has 0 bridgehead atoms. The lowest BCUT2D eigenvalue weighted by molar-refractivity contribution is -0.154. The third kappa shape index (κ3) is 7.01. The van der Waals surface area contributed by atoms with Gasteiger partial charge in [-0.1, -0.05) is 40.2 Å². The first-order chi connectivity index (χ1) is 16.9. The highest BCUT2D eigenvalue weighted by Gasteiger charge is 2.52. The Bertz CT molecular complexity index is 946. The Balaban J connectivity index is 1.76. The van der Waals surface area contributed by atoms with E-state index in [1.54, 1.807) is 20.8 Å². The van der Waals surface area contributed by atoms with Crippen LogP contribution < -0.4 is 5.73 Å². The van der Waals surface area contributed by atoms with Gasteiger partial charge in [0.15, 0.2) is 0 Å². The maximum Gasteiger partial charge on any atom is 0.309 e. The van der Waals surface area contributed by atoms with E-state index < -0.39 is 35.6 Å². The average Bonchev–Trinajstić information content (AvgIpc) is 3.23. The third-order valence-electron chi connectivity index (χ3n) is 7.89. The van der Waals surface area contributed by atoms with Crippen molar-refractivity contribution >= 4 is 23.1 Å². The maximum atomic E-state index is 13.2. The van der Waals surface area contributed by atoms with Gasteiger partial charge in [0.25, 0.3) is 0 Å². The number of carbonyl (C=O) groups excluding carboxylic acids is 2. The zero-order chi connectivity index (χ0) is 26.7. The largest absolute Gasteiger partial charge is 0.458 e. The van der Waals surface area contributed by atoms with E-state index in [2.05, 4.69) is 11.9 Å². The van der Waals surface area contributed by atoms with E-state index in [-0.39, 0.29) is 29.8 Å². The number of aliphatic hydroxyl groups excluding tert-OH is 2. The lowest BCUT2D eigenvalue weighted by Gasteiger charge is -2.34. The number of nitrogens with zero attached hydrogens (tertiary/aromatic N) is 1. The number of thiazole rings is 1. The van der Waals surface area contributed by atoms with Crippen LogP contribution in [0.15, 0.2) is 17.5 Å². The van der Waals surface area contributed by atoms with E-state index >= 15 is 0 Å². The van der Waals surface area contributed by atoms with Gasteiger partial charge in [0.1, 0.15) is 16.9 Å². The monoisotopic (exact) mass is 522 g/mol. The molecular formula is C27H42N2O6S. The van der Waals surface area contributed by atoms with Crippen molar-refractivity contribution in [2.24, 2.45) is 23.0 Å². The Morgan fingerprint density at radius 3 is 2.64 bits per heavy atom. The predicted octanol–water partition coefficient (Wildman–Crippen LogP) is 3.32. The lowest BCUT2D eigenvalue weighted by Crippen LogP contribution is -2.45. The number of hydrogen-bond acceptors (Lipinski definition) is 9. The summed E-state index contributed by atoms with van der Waals surface area (Å²) in [7, 11) is 0. The van der Waals surface area contributed by atoms with Crippen molar-refractivity contribution in [3.8, 4) is 0 Å². The highest BCUT2D eigenvalue weighted by molar-refractivity contribution is 7.09. The van der Waals surface area contributed by atoms with Gasteiger partial charge in [0, 0.05) is 30.7 Å². The van der Waals surface area contributed by atoms with Gasteiger partial charge in [-0.2, -0.15) is 0 Å². The minimum absolute atomic E-state index is 0.0435. The number of cyclic esters (lactones) is 1. The standard InChI is InChI=1S/C27H42N2O6S/c1-16-8-7-11-27(5)21(35-27)12-19(10-6-9-18-15-36-22(14-28)29-18)34-23(31)13-20(30)26(3,4)25(33)17(2)24(16)32/h6,10,15-17,19-21,24,30,32H,7-9,11-14,28H2,1-5H3/t16-,17+,19+,20-,21-,24-,27+/m0/s1. The summed E-state index contributed by atoms with van der Waals surface area (Å²) in [6, 6.07) is 0. The number of nitrogens with two attached hydrogens (primary N) is 1. The molecule has 36 heavy (non-hydrogen) atoms. The molecule has 1 aromatic heterocycles. The minimum atomic E-state index is -1.23. The molecule has 2 saturated heterocycles. The van der Waals surface area contributed by atoms with Crippen molar-refractivity contribution in [1.82, 2.24) is 4.98 Å². The number of rotatable bonds is 4. The van der Waals surface area contributed by atoms with Crippen LogP contribution in [-0.4, -0.2) is 57.0 Å². The van der Waals surface area contributed by atoms with Crippen LogP contribution in [0.2, 0.25) is 0 Å². The quantitative estimate of drug-likeness (QED) is 0.311. The number of ether oxygens (including phenoxy) is 2. The average molecular weight is 523 g/mol. The Hall–Kier alpha value is -1.65. The highest BCUT2D eigenvalue weighted by atomic mass is 32.1. The van der Waals surface area contributed by atoms with Gasteiger partial charge in [0.05, 0.1) is 41.4 Å². The molecule has 9 heteroatoms. The number of epoxide rings is 1. The summed E-state index contributed by atoms with van der Waals surface area (Å²) >= 11 is 1.52. The number of allylic oxidation sites excluding steroid dienone is 1. The first-order valence-corrected chi connectivity index (χ1v) is 13.8. The maximum absolute atomic E-state index is 13.2. The van der Waals surface area contributed by atoms with Crippen LogP contribution in [-0.2, 0) is 32.0 Å². The number of Topliss-reactive ketones (excluding diaryl/α,β-unsaturated/α-hetero) is 1. The molecule has 0 spiro atoms. The summed E-state index contributed by atoms with van der Waals surface area (Å²) < 4.78 is 11.8. The second-order valence-electron chi connectivity index (χ2n) is 11.2. The molecule has 4 N–H and O–H groups in total. The molecule has 2 aliphatic rings. The fraction of sp³-hybridized carbons (Fsp3) is 0.741. The molecule has 0 amide bonds. The van der Waals surface area contributed by atoms with Crippen LogP contribution in [0.4, 0.5) is 0 Å². The molecule has 7 atom stereocenters. The number of ketones is 1. The molecule has 3 rings (SSSR count). The molecule has 2 fully saturated rings. The smallest absolute Gasteiger partial charge is 0.309 e. The number of aromatic nitrogens is 1. The molecule has 0 aliphatic carbocycles. The molecule has 3 heterocycles. The van der Waals surface area contributed by atoms with Gasteiger partial charge in [-0.25, -0.2) is 4.98 Å². The second kappa shape index (κ2) is 11.8. The fourth-order valence-electron chi connectivity index (χ4n) is 5.04. The van der Waals surface area contributed by atoms with E-state index in [1.165, 1.54) is 11.3 Å². The third-order valence-corrected chi connectivity index (χ3v) is 8.81. The van der Waals surface area contributed by atoms with Crippen molar-refractivity contribution in [3.63, 3.8) is 0 Å². The number of esters is 1. The molecule has 202 valence electrons. The van der Waals surface area contributed by atoms with E-state index in [9.17, 15) is 19.8 Å². The molecular weight excluding hydrogens is 480 g/mol. The molecule has 0 saturated carbocycles. The summed E-state index contributed by atoms with van der Waals surface area (Å²) in [5, 5.41) is 24.5. The van der Waals surface area contributed by atoms with Gasteiger partial charge >= 0.3 is 5.97 Å². The Labute approximate surface area is 218 Å². The first kappa shape index (κ1) is 28.9. The molecule has 1 aromatic rings. The zero-order valence-corrected chi connectivity index (χ0v) is 22.9. The first-order valence-electron chi connectivity index (χ1n) is 12.9. The van der Waals surface area contributed by atoms with E-state index in [1.807, 2.05) is 24.5 Å². The van der Waals surface area contributed by atoms with Crippen molar-refractivity contribution in [2.75, 3.05) is 0 Å². The van der Waals surface area contributed by atoms with Crippen LogP contribution in [0.25, 0.3) is 0 Å². The zero-order valence-electron chi connectivity index (χ0n) is 22.1. The van der Waals surface area contributed by atoms with Gasteiger partial charge in [-0.05, 0) is 31.8 Å². The molecule has 0 unspecified atom stereocenters. The number of carbonyl (C=O) groups is 2. The van der Waals surface area contributed by atoms with Gasteiger partial charge in [0.2, 0.25) is 0 Å². The fourth-order valence-corrected chi connectivity index (χ4v) is 5.72.